The van der Waals surface area contributed by atoms with Gasteiger partial charge in [0, 0.05) is 6.54 Å². The highest BCUT2D eigenvalue weighted by Gasteiger charge is 2.38. The van der Waals surface area contributed by atoms with Crippen LogP contribution in [0.15, 0.2) is 0 Å². The van der Waals surface area contributed by atoms with Crippen LogP contribution in [0.5, 0.6) is 0 Å². The second kappa shape index (κ2) is 2.81. The van der Waals surface area contributed by atoms with E-state index in [2.05, 4.69) is 5.32 Å². The van der Waals surface area contributed by atoms with Crippen molar-refractivity contribution in [3.63, 3.8) is 0 Å². The molecule has 1 heterocycles. The normalized spacial score (nSPS) is 22.3. The molecule has 0 aromatic rings. The lowest BCUT2D eigenvalue weighted by atomic mass is 10.2. The summed E-state index contributed by atoms with van der Waals surface area (Å²) in [4.78, 5) is 10.9. The lowest BCUT2D eigenvalue weighted by Crippen LogP contribution is -2.46. The molecule has 0 unspecified atom stereocenters. The van der Waals surface area contributed by atoms with Crippen molar-refractivity contribution in [3.05, 3.63) is 0 Å². The lowest BCUT2D eigenvalue weighted by molar-refractivity contribution is -0.124. The van der Waals surface area contributed by atoms with Gasteiger partial charge in [-0.25, -0.2) is 8.42 Å². The van der Waals surface area contributed by atoms with E-state index in [9.17, 15) is 13.2 Å². The van der Waals surface area contributed by atoms with Gasteiger partial charge in [0.2, 0.25) is 5.91 Å². The van der Waals surface area contributed by atoms with Crippen LogP contribution in [0.1, 0.15) is 6.92 Å². The molecule has 0 aliphatic carbocycles. The van der Waals surface area contributed by atoms with Gasteiger partial charge in [0.25, 0.3) is 0 Å². The molecule has 1 saturated heterocycles. The molecule has 0 bridgehead atoms. The first-order valence-electron chi connectivity index (χ1n) is 3.53. The van der Waals surface area contributed by atoms with Crippen LogP contribution < -0.4 is 5.32 Å². The standard InChI is InChI=1S/C6H11NO3S/c1-2-7-6(8)5-3-11(9,10)4-5/h5H,2-4H2,1H3,(H,7,8). The molecule has 11 heavy (non-hydrogen) atoms. The SMILES string of the molecule is CCNC(=O)C1CS(=O)(=O)C1. The number of carbonyl (C=O) groups is 1. The predicted molar refractivity (Wildman–Crippen MR) is 40.8 cm³/mol. The van der Waals surface area contributed by atoms with Gasteiger partial charge in [-0.15, -0.1) is 0 Å². The molecular formula is C6H11NO3S. The quantitative estimate of drug-likeness (QED) is 0.598. The Morgan fingerprint density at radius 1 is 1.55 bits per heavy atom. The maximum atomic E-state index is 10.9. The minimum Gasteiger partial charge on any atom is -0.356 e. The van der Waals surface area contributed by atoms with E-state index in [0.29, 0.717) is 6.54 Å². The molecular weight excluding hydrogens is 166 g/mol. The van der Waals surface area contributed by atoms with Gasteiger partial charge in [0.05, 0.1) is 17.4 Å². The van der Waals surface area contributed by atoms with Crippen LogP contribution >= 0.6 is 0 Å². The Labute approximate surface area is 65.9 Å². The zero-order valence-corrected chi connectivity index (χ0v) is 7.15. The molecule has 0 aromatic heterocycles. The highest BCUT2D eigenvalue weighted by Crippen LogP contribution is 2.17. The van der Waals surface area contributed by atoms with E-state index in [1.807, 2.05) is 6.92 Å². The summed E-state index contributed by atoms with van der Waals surface area (Å²) >= 11 is 0. The van der Waals surface area contributed by atoms with Crippen LogP contribution in [-0.4, -0.2) is 32.4 Å². The minimum atomic E-state index is -2.85. The molecule has 64 valence electrons. The topological polar surface area (TPSA) is 63.2 Å². The van der Waals surface area contributed by atoms with Crippen molar-refractivity contribution in [2.24, 2.45) is 5.92 Å². The van der Waals surface area contributed by atoms with E-state index >= 15 is 0 Å². The third-order valence-corrected chi connectivity index (χ3v) is 3.45. The summed E-state index contributed by atoms with van der Waals surface area (Å²) in [5.41, 5.74) is 0. The predicted octanol–water partition coefficient (Wildman–Crippen LogP) is -0.833. The van der Waals surface area contributed by atoms with Crippen molar-refractivity contribution in [2.75, 3.05) is 18.1 Å². The molecule has 1 aliphatic rings. The summed E-state index contributed by atoms with van der Waals surface area (Å²) in [6, 6.07) is 0. The maximum Gasteiger partial charge on any atom is 0.225 e. The van der Waals surface area contributed by atoms with Gasteiger partial charge in [-0.1, -0.05) is 0 Å². The first-order chi connectivity index (χ1) is 5.05. The summed E-state index contributed by atoms with van der Waals surface area (Å²) in [6.45, 7) is 2.38. The molecule has 5 heteroatoms. The average molecular weight is 177 g/mol. The van der Waals surface area contributed by atoms with Crippen LogP contribution in [0.3, 0.4) is 0 Å². The van der Waals surface area contributed by atoms with E-state index in [0.717, 1.165) is 0 Å². The van der Waals surface area contributed by atoms with Gasteiger partial charge < -0.3 is 5.32 Å². The number of hydrogen-bond acceptors (Lipinski definition) is 3. The Morgan fingerprint density at radius 2 is 2.09 bits per heavy atom. The smallest absolute Gasteiger partial charge is 0.225 e. The number of nitrogens with one attached hydrogen (secondary N) is 1. The van der Waals surface area contributed by atoms with Crippen LogP contribution in [0.25, 0.3) is 0 Å². The number of hydrogen-bond donors (Lipinski definition) is 1. The molecule has 0 saturated carbocycles. The molecule has 1 amide bonds. The fourth-order valence-electron chi connectivity index (χ4n) is 1.03. The van der Waals surface area contributed by atoms with Crippen molar-refractivity contribution >= 4 is 15.7 Å². The van der Waals surface area contributed by atoms with Crippen molar-refractivity contribution in [1.82, 2.24) is 5.32 Å². The lowest BCUT2D eigenvalue weighted by Gasteiger charge is -2.23. The minimum absolute atomic E-state index is 0.0266. The molecule has 1 aliphatic heterocycles. The fourth-order valence-corrected chi connectivity index (χ4v) is 2.47. The number of carbonyl (C=O) groups excluding carboxylic acids is 1. The second-order valence-corrected chi connectivity index (χ2v) is 4.82. The van der Waals surface area contributed by atoms with Gasteiger partial charge >= 0.3 is 0 Å². The number of amides is 1. The van der Waals surface area contributed by atoms with Crippen molar-refractivity contribution < 1.29 is 13.2 Å². The zero-order valence-electron chi connectivity index (χ0n) is 6.33. The Balaban J connectivity index is 2.38. The van der Waals surface area contributed by atoms with E-state index in [-0.39, 0.29) is 23.3 Å². The third-order valence-electron chi connectivity index (χ3n) is 1.63. The Hall–Kier alpha value is -0.580. The molecule has 0 aromatic carbocycles. The maximum absolute atomic E-state index is 10.9. The van der Waals surface area contributed by atoms with Crippen molar-refractivity contribution in [2.45, 2.75) is 6.92 Å². The summed E-state index contributed by atoms with van der Waals surface area (Å²) in [5, 5.41) is 2.58. The third kappa shape index (κ3) is 1.92. The van der Waals surface area contributed by atoms with Gasteiger partial charge in [0.15, 0.2) is 9.84 Å². The second-order valence-electron chi connectivity index (χ2n) is 2.67. The van der Waals surface area contributed by atoms with Crippen molar-refractivity contribution in [1.29, 1.82) is 0 Å². The van der Waals surface area contributed by atoms with E-state index in [1.165, 1.54) is 0 Å². The van der Waals surface area contributed by atoms with Crippen LogP contribution in [0.4, 0.5) is 0 Å². The fraction of sp³-hybridized carbons (Fsp3) is 0.833. The summed E-state index contributed by atoms with van der Waals surface area (Å²) in [7, 11) is -2.85. The first kappa shape index (κ1) is 8.52. The summed E-state index contributed by atoms with van der Waals surface area (Å²) in [5.74, 6) is -0.375. The molecule has 0 spiro atoms. The van der Waals surface area contributed by atoms with Gasteiger partial charge in [-0.2, -0.15) is 0 Å². The summed E-state index contributed by atoms with van der Waals surface area (Å²) in [6.07, 6.45) is 0. The molecule has 1 N–H and O–H groups in total. The Morgan fingerprint density at radius 3 is 2.45 bits per heavy atom. The van der Waals surface area contributed by atoms with E-state index in [4.69, 9.17) is 0 Å². The largest absolute Gasteiger partial charge is 0.356 e. The molecule has 1 fully saturated rings. The first-order valence-corrected chi connectivity index (χ1v) is 5.35. The van der Waals surface area contributed by atoms with Crippen LogP contribution in [-0.2, 0) is 14.6 Å². The van der Waals surface area contributed by atoms with Gasteiger partial charge in [-0.3, -0.25) is 4.79 Å². The molecule has 0 radical (unpaired) electrons. The van der Waals surface area contributed by atoms with E-state index < -0.39 is 9.84 Å². The van der Waals surface area contributed by atoms with Gasteiger partial charge in [0.1, 0.15) is 0 Å². The average Bonchev–Trinajstić information content (AvgIpc) is 1.83. The number of rotatable bonds is 2. The highest BCUT2D eigenvalue weighted by atomic mass is 32.2. The molecule has 0 atom stereocenters. The monoisotopic (exact) mass is 177 g/mol. The van der Waals surface area contributed by atoms with Crippen LogP contribution in [0, 0.1) is 5.92 Å². The zero-order chi connectivity index (χ0) is 8.48. The van der Waals surface area contributed by atoms with Crippen molar-refractivity contribution in [3.8, 4) is 0 Å². The number of sulfone groups is 1. The van der Waals surface area contributed by atoms with E-state index in [1.54, 1.807) is 0 Å². The molecule has 1 rings (SSSR count). The van der Waals surface area contributed by atoms with Gasteiger partial charge in [-0.05, 0) is 6.92 Å². The highest BCUT2D eigenvalue weighted by molar-refractivity contribution is 7.92. The Bertz CT molecular complexity index is 245. The van der Waals surface area contributed by atoms with Crippen LogP contribution in [0.2, 0.25) is 0 Å². The molecule has 4 nitrogen and oxygen atoms in total. The summed E-state index contributed by atoms with van der Waals surface area (Å²) < 4.78 is 21.3. The Kier molecular flexibility index (Phi) is 2.17.